The first-order valence-corrected chi connectivity index (χ1v) is 4.37. The molecule has 0 amide bonds. The van der Waals surface area contributed by atoms with Gasteiger partial charge in [0.25, 0.3) is 0 Å². The lowest BCUT2D eigenvalue weighted by Crippen LogP contribution is -2.26. The summed E-state index contributed by atoms with van der Waals surface area (Å²) >= 11 is 1.38. The maximum atomic E-state index is 10.6. The summed E-state index contributed by atoms with van der Waals surface area (Å²) in [5.41, 5.74) is 0. The minimum Gasteiger partial charge on any atom is -0.481 e. The standard InChI is InChI=1S/C5H6N4O2S/c10-4(11)3-1-9-5(12-2-3)6-7-8-9/h3H,1-2H2,(H,10,11). The molecule has 12 heavy (non-hydrogen) atoms. The molecule has 1 aliphatic rings. The van der Waals surface area contributed by atoms with Crippen molar-refractivity contribution in [2.45, 2.75) is 11.7 Å². The van der Waals surface area contributed by atoms with Gasteiger partial charge in [0, 0.05) is 5.75 Å². The van der Waals surface area contributed by atoms with Crippen molar-refractivity contribution < 1.29 is 9.90 Å². The normalized spacial score (nSPS) is 21.8. The number of nitrogens with zero attached hydrogens (tertiary/aromatic N) is 4. The van der Waals surface area contributed by atoms with Crippen LogP contribution in [0.25, 0.3) is 0 Å². The first kappa shape index (κ1) is 7.53. The molecular formula is C5H6N4O2S. The fraction of sp³-hybridized carbons (Fsp3) is 0.600. The van der Waals surface area contributed by atoms with E-state index >= 15 is 0 Å². The van der Waals surface area contributed by atoms with Gasteiger partial charge >= 0.3 is 5.97 Å². The van der Waals surface area contributed by atoms with E-state index in [1.807, 2.05) is 0 Å². The molecular weight excluding hydrogens is 180 g/mol. The van der Waals surface area contributed by atoms with Crippen LogP contribution in [-0.4, -0.2) is 37.0 Å². The molecule has 1 unspecified atom stereocenters. The van der Waals surface area contributed by atoms with Crippen molar-refractivity contribution >= 4 is 17.7 Å². The number of thioether (sulfide) groups is 1. The Bertz CT molecular complexity index is 312. The topological polar surface area (TPSA) is 80.9 Å². The molecule has 1 aromatic heterocycles. The number of aliphatic carboxylic acids is 1. The predicted molar refractivity (Wildman–Crippen MR) is 39.7 cm³/mol. The molecule has 64 valence electrons. The van der Waals surface area contributed by atoms with E-state index < -0.39 is 5.97 Å². The van der Waals surface area contributed by atoms with Gasteiger partial charge in [-0.05, 0) is 10.4 Å². The maximum absolute atomic E-state index is 10.6. The van der Waals surface area contributed by atoms with Crippen LogP contribution in [0.15, 0.2) is 5.16 Å². The number of aromatic nitrogens is 4. The lowest BCUT2D eigenvalue weighted by molar-refractivity contribution is -0.141. The molecule has 2 heterocycles. The third-order valence-electron chi connectivity index (χ3n) is 1.66. The zero-order chi connectivity index (χ0) is 8.55. The summed E-state index contributed by atoms with van der Waals surface area (Å²) in [6.45, 7) is 0.380. The van der Waals surface area contributed by atoms with Gasteiger partial charge in [0.2, 0.25) is 5.16 Å². The number of fused-ring (bicyclic) bond motifs is 1. The highest BCUT2D eigenvalue weighted by Gasteiger charge is 2.26. The molecule has 0 spiro atoms. The van der Waals surface area contributed by atoms with Gasteiger partial charge in [0.1, 0.15) is 0 Å². The van der Waals surface area contributed by atoms with Gasteiger partial charge in [0.05, 0.1) is 12.5 Å². The number of tetrazole rings is 1. The maximum Gasteiger partial charge on any atom is 0.309 e. The minimum absolute atomic E-state index is 0.369. The molecule has 0 aromatic carbocycles. The van der Waals surface area contributed by atoms with Gasteiger partial charge in [-0.3, -0.25) is 4.79 Å². The highest BCUT2D eigenvalue weighted by molar-refractivity contribution is 7.99. The number of hydrogen-bond donors (Lipinski definition) is 1. The van der Waals surface area contributed by atoms with Crippen molar-refractivity contribution in [1.82, 2.24) is 20.2 Å². The Labute approximate surface area is 71.9 Å². The second-order valence-electron chi connectivity index (χ2n) is 2.49. The summed E-state index contributed by atoms with van der Waals surface area (Å²) in [6, 6.07) is 0. The molecule has 7 heteroatoms. The van der Waals surface area contributed by atoms with Crippen LogP contribution < -0.4 is 0 Å². The first-order chi connectivity index (χ1) is 5.77. The molecule has 0 fully saturated rings. The molecule has 0 aliphatic carbocycles. The van der Waals surface area contributed by atoms with E-state index in [4.69, 9.17) is 5.11 Å². The quantitative estimate of drug-likeness (QED) is 0.635. The van der Waals surface area contributed by atoms with Crippen LogP contribution in [0.2, 0.25) is 0 Å². The molecule has 0 saturated carbocycles. The molecule has 0 radical (unpaired) electrons. The first-order valence-electron chi connectivity index (χ1n) is 3.39. The summed E-state index contributed by atoms with van der Waals surface area (Å²) < 4.78 is 1.52. The van der Waals surface area contributed by atoms with Crippen LogP contribution in [0, 0.1) is 5.92 Å². The average Bonchev–Trinajstić information content (AvgIpc) is 2.49. The lowest BCUT2D eigenvalue weighted by Gasteiger charge is -2.16. The smallest absolute Gasteiger partial charge is 0.309 e. The summed E-state index contributed by atoms with van der Waals surface area (Å²) in [4.78, 5) is 10.6. The molecule has 6 nitrogen and oxygen atoms in total. The van der Waals surface area contributed by atoms with Crippen LogP contribution in [0.3, 0.4) is 0 Å². The second kappa shape index (κ2) is 2.74. The lowest BCUT2D eigenvalue weighted by atomic mass is 10.2. The van der Waals surface area contributed by atoms with Gasteiger partial charge in [-0.1, -0.05) is 11.8 Å². The summed E-state index contributed by atoms with van der Waals surface area (Å²) in [5.74, 6) is -0.606. The molecule has 1 aromatic rings. The highest BCUT2D eigenvalue weighted by Crippen LogP contribution is 2.24. The van der Waals surface area contributed by atoms with E-state index in [1.165, 1.54) is 16.4 Å². The second-order valence-corrected chi connectivity index (χ2v) is 3.48. The summed E-state index contributed by atoms with van der Waals surface area (Å²) in [6.07, 6.45) is 0. The molecule has 0 bridgehead atoms. The van der Waals surface area contributed by atoms with Crippen molar-refractivity contribution in [3.63, 3.8) is 0 Å². The minimum atomic E-state index is -0.788. The van der Waals surface area contributed by atoms with Crippen LogP contribution in [0.5, 0.6) is 0 Å². The van der Waals surface area contributed by atoms with Gasteiger partial charge in [-0.25, -0.2) is 4.68 Å². The van der Waals surface area contributed by atoms with Crippen LogP contribution in [0.1, 0.15) is 0 Å². The Kier molecular flexibility index (Phi) is 1.72. The van der Waals surface area contributed by atoms with Crippen molar-refractivity contribution in [2.24, 2.45) is 5.92 Å². The van der Waals surface area contributed by atoms with Crippen molar-refractivity contribution in [1.29, 1.82) is 0 Å². The Morgan fingerprint density at radius 2 is 2.58 bits per heavy atom. The van der Waals surface area contributed by atoms with Crippen LogP contribution in [0.4, 0.5) is 0 Å². The third kappa shape index (κ3) is 1.15. The zero-order valence-corrected chi connectivity index (χ0v) is 6.86. The number of carbonyl (C=O) groups is 1. The number of hydrogen-bond acceptors (Lipinski definition) is 5. The zero-order valence-electron chi connectivity index (χ0n) is 6.04. The molecule has 1 atom stereocenters. The van der Waals surface area contributed by atoms with E-state index in [2.05, 4.69) is 15.5 Å². The third-order valence-corrected chi connectivity index (χ3v) is 2.77. The largest absolute Gasteiger partial charge is 0.481 e. The Balaban J connectivity index is 2.20. The van der Waals surface area contributed by atoms with Crippen molar-refractivity contribution in [2.75, 3.05) is 5.75 Å². The van der Waals surface area contributed by atoms with E-state index in [9.17, 15) is 4.79 Å². The van der Waals surface area contributed by atoms with Gasteiger partial charge in [0.15, 0.2) is 0 Å². The molecule has 2 rings (SSSR count). The number of carboxylic acids is 1. The van der Waals surface area contributed by atoms with Gasteiger partial charge < -0.3 is 5.11 Å². The Morgan fingerprint density at radius 1 is 1.75 bits per heavy atom. The van der Waals surface area contributed by atoms with Crippen molar-refractivity contribution in [3.8, 4) is 0 Å². The fourth-order valence-corrected chi connectivity index (χ4v) is 1.95. The monoisotopic (exact) mass is 186 g/mol. The summed E-state index contributed by atoms with van der Waals surface area (Å²) in [5, 5.41) is 20.2. The Hall–Kier alpha value is -1.11. The van der Waals surface area contributed by atoms with Gasteiger partial charge in [-0.15, -0.1) is 5.10 Å². The fourth-order valence-electron chi connectivity index (χ4n) is 1.00. The predicted octanol–water partition coefficient (Wildman–Crippen LogP) is -0.520. The van der Waals surface area contributed by atoms with E-state index in [0.717, 1.165) is 0 Å². The SMILES string of the molecule is O=C(O)C1CSc2nnnn2C1. The average molecular weight is 186 g/mol. The highest BCUT2D eigenvalue weighted by atomic mass is 32.2. The van der Waals surface area contributed by atoms with E-state index in [1.54, 1.807) is 0 Å². The number of carboxylic acid groups (broad SMARTS) is 1. The van der Waals surface area contributed by atoms with Crippen LogP contribution in [-0.2, 0) is 11.3 Å². The van der Waals surface area contributed by atoms with Gasteiger partial charge in [-0.2, -0.15) is 0 Å². The molecule has 0 saturated heterocycles. The summed E-state index contributed by atoms with van der Waals surface area (Å²) in [7, 11) is 0. The van der Waals surface area contributed by atoms with Crippen LogP contribution >= 0.6 is 11.8 Å². The van der Waals surface area contributed by atoms with Crippen molar-refractivity contribution in [3.05, 3.63) is 0 Å². The van der Waals surface area contributed by atoms with E-state index in [0.29, 0.717) is 17.5 Å². The number of rotatable bonds is 1. The van der Waals surface area contributed by atoms with E-state index in [-0.39, 0.29) is 5.92 Å². The Morgan fingerprint density at radius 3 is 3.33 bits per heavy atom. The molecule has 1 aliphatic heterocycles. The molecule has 1 N–H and O–H groups in total.